The number of rotatable bonds is 5. The first-order valence-corrected chi connectivity index (χ1v) is 8.70. The molecule has 3 aromatic rings. The van der Waals surface area contributed by atoms with Gasteiger partial charge in [-0.25, -0.2) is 9.97 Å². The normalized spacial score (nSPS) is 10.7. The number of benzene rings is 1. The van der Waals surface area contributed by atoms with Crippen molar-refractivity contribution >= 4 is 39.2 Å². The van der Waals surface area contributed by atoms with Gasteiger partial charge in [0.2, 0.25) is 11.8 Å². The van der Waals surface area contributed by atoms with E-state index in [1.54, 1.807) is 24.3 Å². The van der Waals surface area contributed by atoms with E-state index in [-0.39, 0.29) is 24.6 Å². The van der Waals surface area contributed by atoms with Crippen molar-refractivity contribution in [1.82, 2.24) is 19.9 Å². The van der Waals surface area contributed by atoms with Crippen molar-refractivity contribution in [3.05, 3.63) is 51.5 Å². The SMILES string of the molecule is Cc1nc(NC(=O)CNC(=O)Cn2cnc3ccccc3c2=O)sc1C. The summed E-state index contributed by atoms with van der Waals surface area (Å²) in [6.07, 6.45) is 1.32. The molecule has 2 N–H and O–H groups in total. The van der Waals surface area contributed by atoms with Crippen molar-refractivity contribution in [2.75, 3.05) is 11.9 Å². The molecule has 2 aromatic heterocycles. The van der Waals surface area contributed by atoms with E-state index >= 15 is 0 Å². The van der Waals surface area contributed by atoms with Crippen molar-refractivity contribution in [3.8, 4) is 0 Å². The van der Waals surface area contributed by atoms with Gasteiger partial charge in [-0.15, -0.1) is 11.3 Å². The van der Waals surface area contributed by atoms with Crippen molar-refractivity contribution in [2.45, 2.75) is 20.4 Å². The Labute approximate surface area is 152 Å². The number of carbonyl (C=O) groups excluding carboxylic acids is 2. The molecule has 9 heteroatoms. The van der Waals surface area contributed by atoms with Crippen LogP contribution in [0, 0.1) is 13.8 Å². The fourth-order valence-electron chi connectivity index (χ4n) is 2.30. The Balaban J connectivity index is 1.58. The Morgan fingerprint density at radius 1 is 1.19 bits per heavy atom. The molecule has 0 aliphatic rings. The van der Waals surface area contributed by atoms with Gasteiger partial charge < -0.3 is 10.6 Å². The Kier molecular flexibility index (Phi) is 5.08. The lowest BCUT2D eigenvalue weighted by molar-refractivity contribution is -0.124. The lowest BCUT2D eigenvalue weighted by Gasteiger charge is -2.07. The van der Waals surface area contributed by atoms with Crippen LogP contribution in [-0.2, 0) is 16.1 Å². The number of fused-ring (bicyclic) bond motifs is 1. The molecule has 0 fully saturated rings. The Morgan fingerprint density at radius 2 is 1.96 bits per heavy atom. The van der Waals surface area contributed by atoms with Gasteiger partial charge in [-0.2, -0.15) is 0 Å². The van der Waals surface area contributed by atoms with E-state index in [0.29, 0.717) is 16.0 Å². The second kappa shape index (κ2) is 7.44. The van der Waals surface area contributed by atoms with Crippen LogP contribution >= 0.6 is 11.3 Å². The topological polar surface area (TPSA) is 106 Å². The Bertz CT molecular complexity index is 1020. The van der Waals surface area contributed by atoms with Crippen molar-refractivity contribution < 1.29 is 9.59 Å². The number of hydrogen-bond donors (Lipinski definition) is 2. The first-order valence-electron chi connectivity index (χ1n) is 7.89. The number of nitrogens with zero attached hydrogens (tertiary/aromatic N) is 3. The van der Waals surface area contributed by atoms with Crippen LogP contribution in [0.25, 0.3) is 10.9 Å². The molecule has 0 saturated carbocycles. The first-order chi connectivity index (χ1) is 12.4. The van der Waals surface area contributed by atoms with Crippen molar-refractivity contribution in [2.24, 2.45) is 0 Å². The number of hydrogen-bond acceptors (Lipinski definition) is 6. The van der Waals surface area contributed by atoms with Crippen LogP contribution < -0.4 is 16.2 Å². The van der Waals surface area contributed by atoms with Gasteiger partial charge in [0.1, 0.15) is 6.54 Å². The van der Waals surface area contributed by atoms with E-state index in [0.717, 1.165) is 10.6 Å². The summed E-state index contributed by atoms with van der Waals surface area (Å²) in [6, 6.07) is 6.91. The maximum absolute atomic E-state index is 12.3. The van der Waals surface area contributed by atoms with Crippen LogP contribution in [-0.4, -0.2) is 32.9 Å². The predicted molar refractivity (Wildman–Crippen MR) is 99.2 cm³/mol. The minimum atomic E-state index is -0.453. The van der Waals surface area contributed by atoms with E-state index in [9.17, 15) is 14.4 Å². The third-order valence-corrected chi connectivity index (χ3v) is 4.75. The molecule has 0 unspecified atom stereocenters. The fourth-order valence-corrected chi connectivity index (χ4v) is 3.13. The molecular weight excluding hydrogens is 354 g/mol. The van der Waals surface area contributed by atoms with Gasteiger partial charge in [0.05, 0.1) is 29.5 Å². The number of anilines is 1. The average molecular weight is 371 g/mol. The van der Waals surface area contributed by atoms with E-state index < -0.39 is 5.91 Å². The molecule has 0 saturated heterocycles. The molecule has 0 radical (unpaired) electrons. The highest BCUT2D eigenvalue weighted by Crippen LogP contribution is 2.20. The van der Waals surface area contributed by atoms with Crippen LogP contribution in [0.4, 0.5) is 5.13 Å². The van der Waals surface area contributed by atoms with Gasteiger partial charge in [-0.05, 0) is 26.0 Å². The van der Waals surface area contributed by atoms with Crippen LogP contribution in [0.5, 0.6) is 0 Å². The monoisotopic (exact) mass is 371 g/mol. The van der Waals surface area contributed by atoms with Gasteiger partial charge in [-0.3, -0.25) is 19.0 Å². The molecule has 3 rings (SSSR count). The summed E-state index contributed by atoms with van der Waals surface area (Å²) >= 11 is 1.37. The highest BCUT2D eigenvalue weighted by Gasteiger charge is 2.11. The van der Waals surface area contributed by atoms with Gasteiger partial charge in [-0.1, -0.05) is 12.1 Å². The number of nitrogens with one attached hydrogen (secondary N) is 2. The summed E-state index contributed by atoms with van der Waals surface area (Å²) in [7, 11) is 0. The molecule has 0 bridgehead atoms. The Morgan fingerprint density at radius 3 is 2.69 bits per heavy atom. The smallest absolute Gasteiger partial charge is 0.261 e. The van der Waals surface area contributed by atoms with Crippen LogP contribution in [0.2, 0.25) is 0 Å². The number of thiazole rings is 1. The highest BCUT2D eigenvalue weighted by atomic mass is 32.1. The lowest BCUT2D eigenvalue weighted by atomic mass is 10.2. The summed E-state index contributed by atoms with van der Waals surface area (Å²) in [5.74, 6) is -0.832. The predicted octanol–water partition coefficient (Wildman–Crippen LogP) is 1.22. The summed E-state index contributed by atoms with van der Waals surface area (Å²) in [4.78, 5) is 45.6. The molecule has 1 aromatic carbocycles. The van der Waals surface area contributed by atoms with Gasteiger partial charge in [0.25, 0.3) is 5.56 Å². The molecule has 0 aliphatic heterocycles. The molecule has 134 valence electrons. The second-order valence-electron chi connectivity index (χ2n) is 5.68. The second-order valence-corrected chi connectivity index (χ2v) is 6.88. The zero-order chi connectivity index (χ0) is 18.7. The third-order valence-electron chi connectivity index (χ3n) is 3.77. The number of aryl methyl sites for hydroxylation is 2. The number of aromatic nitrogens is 3. The highest BCUT2D eigenvalue weighted by molar-refractivity contribution is 7.15. The van der Waals surface area contributed by atoms with Gasteiger partial charge in [0.15, 0.2) is 5.13 Å². The molecule has 26 heavy (non-hydrogen) atoms. The summed E-state index contributed by atoms with van der Waals surface area (Å²) < 4.78 is 1.21. The van der Waals surface area contributed by atoms with Crippen LogP contribution in [0.1, 0.15) is 10.6 Å². The third kappa shape index (κ3) is 3.94. The number of para-hydroxylation sites is 1. The lowest BCUT2D eigenvalue weighted by Crippen LogP contribution is -2.37. The van der Waals surface area contributed by atoms with Crippen LogP contribution in [0.3, 0.4) is 0 Å². The van der Waals surface area contributed by atoms with E-state index in [1.165, 1.54) is 22.2 Å². The van der Waals surface area contributed by atoms with Gasteiger partial charge in [0, 0.05) is 4.88 Å². The zero-order valence-electron chi connectivity index (χ0n) is 14.3. The number of amides is 2. The summed E-state index contributed by atoms with van der Waals surface area (Å²) in [6.45, 7) is 3.37. The maximum Gasteiger partial charge on any atom is 0.261 e. The molecule has 2 amide bonds. The maximum atomic E-state index is 12.3. The van der Waals surface area contributed by atoms with Crippen molar-refractivity contribution in [1.29, 1.82) is 0 Å². The first kappa shape index (κ1) is 17.7. The van der Waals surface area contributed by atoms with Crippen LogP contribution in [0.15, 0.2) is 35.4 Å². The number of carbonyl (C=O) groups is 2. The summed E-state index contributed by atoms with van der Waals surface area (Å²) in [5.41, 5.74) is 1.13. The Hall–Kier alpha value is -3.07. The molecular formula is C17H17N5O3S. The fraction of sp³-hybridized carbons (Fsp3) is 0.235. The summed E-state index contributed by atoms with van der Waals surface area (Å²) in [5, 5.41) is 6.05. The molecule has 0 atom stereocenters. The minimum Gasteiger partial charge on any atom is -0.345 e. The minimum absolute atomic E-state index is 0.202. The average Bonchev–Trinajstić information content (AvgIpc) is 2.93. The molecule has 2 heterocycles. The quantitative estimate of drug-likeness (QED) is 0.702. The van der Waals surface area contributed by atoms with Crippen molar-refractivity contribution in [3.63, 3.8) is 0 Å². The largest absolute Gasteiger partial charge is 0.345 e. The standard InChI is InChI=1S/C17H17N5O3S/c1-10-11(2)26-17(20-10)21-14(23)7-18-15(24)8-22-9-19-13-6-4-3-5-12(13)16(22)25/h3-6,9H,7-8H2,1-2H3,(H,18,24)(H,20,21,23). The zero-order valence-corrected chi connectivity index (χ0v) is 15.1. The molecule has 0 aliphatic carbocycles. The van der Waals surface area contributed by atoms with Gasteiger partial charge >= 0.3 is 0 Å². The molecule has 8 nitrogen and oxygen atoms in total. The van der Waals surface area contributed by atoms with E-state index in [2.05, 4.69) is 20.6 Å². The van der Waals surface area contributed by atoms with E-state index in [4.69, 9.17) is 0 Å². The van der Waals surface area contributed by atoms with E-state index in [1.807, 2.05) is 13.8 Å². The molecule has 0 spiro atoms.